The summed E-state index contributed by atoms with van der Waals surface area (Å²) >= 11 is 6.00. The average molecular weight is 551 g/mol. The van der Waals surface area contributed by atoms with Gasteiger partial charge in [-0.1, -0.05) is 49.6 Å². The molecule has 200 valence electrons. The Morgan fingerprint density at radius 1 is 1.16 bits per heavy atom. The molecule has 0 aliphatic heterocycles. The van der Waals surface area contributed by atoms with Crippen molar-refractivity contribution in [3.8, 4) is 0 Å². The van der Waals surface area contributed by atoms with Crippen molar-refractivity contribution >= 4 is 44.8 Å². The number of carbonyl (C=O) groups excluding carboxylic acids is 2. The van der Waals surface area contributed by atoms with Gasteiger partial charge in [-0.05, 0) is 43.0 Å². The minimum Gasteiger partial charge on any atom is -0.352 e. The Balaban J connectivity index is 1.94. The molecular formula is C25H31ClN4O6S. The summed E-state index contributed by atoms with van der Waals surface area (Å²) in [5.74, 6) is -0.904. The largest absolute Gasteiger partial charge is 0.352 e. The summed E-state index contributed by atoms with van der Waals surface area (Å²) in [6.07, 6.45) is 5.05. The van der Waals surface area contributed by atoms with Crippen molar-refractivity contribution < 1.29 is 22.9 Å². The van der Waals surface area contributed by atoms with Crippen molar-refractivity contribution in [2.24, 2.45) is 0 Å². The molecule has 1 aliphatic carbocycles. The van der Waals surface area contributed by atoms with Crippen LogP contribution in [-0.2, 0) is 26.2 Å². The Morgan fingerprint density at radius 2 is 1.81 bits per heavy atom. The maximum atomic E-state index is 13.7. The summed E-state index contributed by atoms with van der Waals surface area (Å²) in [6.45, 7) is 1.22. The van der Waals surface area contributed by atoms with Crippen LogP contribution in [0.2, 0.25) is 5.02 Å². The number of halogens is 1. The molecule has 10 nitrogen and oxygen atoms in total. The first-order chi connectivity index (χ1) is 17.5. The number of nitro benzene ring substituents is 1. The Hall–Kier alpha value is -3.18. The van der Waals surface area contributed by atoms with Gasteiger partial charge in [0.15, 0.2) is 0 Å². The molecule has 0 saturated heterocycles. The molecule has 1 atom stereocenters. The van der Waals surface area contributed by atoms with Crippen LogP contribution in [0.15, 0.2) is 48.5 Å². The molecule has 0 heterocycles. The fourth-order valence-electron chi connectivity index (χ4n) is 4.45. The highest BCUT2D eigenvalue weighted by atomic mass is 35.5. The molecule has 2 aromatic carbocycles. The van der Waals surface area contributed by atoms with E-state index in [0.29, 0.717) is 17.0 Å². The van der Waals surface area contributed by atoms with Crippen LogP contribution in [0.3, 0.4) is 0 Å². The van der Waals surface area contributed by atoms with Crippen LogP contribution in [0.5, 0.6) is 0 Å². The number of carbonyl (C=O) groups is 2. The summed E-state index contributed by atoms with van der Waals surface area (Å²) in [6, 6.07) is 11.1. The topological polar surface area (TPSA) is 130 Å². The van der Waals surface area contributed by atoms with Gasteiger partial charge in [-0.25, -0.2) is 8.42 Å². The molecule has 3 rings (SSSR count). The maximum Gasteiger partial charge on any atom is 0.271 e. The highest BCUT2D eigenvalue weighted by molar-refractivity contribution is 7.92. The van der Waals surface area contributed by atoms with Crippen molar-refractivity contribution in [1.82, 2.24) is 10.2 Å². The summed E-state index contributed by atoms with van der Waals surface area (Å²) < 4.78 is 26.1. The van der Waals surface area contributed by atoms with Crippen molar-refractivity contribution in [2.45, 2.75) is 57.7 Å². The molecule has 2 aromatic rings. The van der Waals surface area contributed by atoms with E-state index in [-0.39, 0.29) is 29.9 Å². The summed E-state index contributed by atoms with van der Waals surface area (Å²) in [5.41, 5.74) is 0.394. The zero-order chi connectivity index (χ0) is 27.2. The third kappa shape index (κ3) is 7.65. The van der Waals surface area contributed by atoms with Gasteiger partial charge in [0.1, 0.15) is 12.6 Å². The Labute approximate surface area is 221 Å². The number of nitrogens with one attached hydrogen (secondary N) is 1. The molecule has 1 fully saturated rings. The lowest BCUT2D eigenvalue weighted by Crippen LogP contribution is -2.53. The number of non-ortho nitro benzene ring substituents is 1. The highest BCUT2D eigenvalue weighted by Gasteiger charge is 2.33. The van der Waals surface area contributed by atoms with Gasteiger partial charge in [0.05, 0.1) is 16.9 Å². The van der Waals surface area contributed by atoms with Crippen LogP contribution in [0.4, 0.5) is 11.4 Å². The number of sulfonamides is 1. The lowest BCUT2D eigenvalue weighted by atomic mass is 10.1. The minimum absolute atomic E-state index is 0.0139. The quantitative estimate of drug-likeness (QED) is 0.334. The van der Waals surface area contributed by atoms with E-state index >= 15 is 0 Å². The van der Waals surface area contributed by atoms with E-state index in [4.69, 9.17) is 11.6 Å². The van der Waals surface area contributed by atoms with Gasteiger partial charge in [0.2, 0.25) is 21.8 Å². The van der Waals surface area contributed by atoms with Crippen LogP contribution in [0.1, 0.15) is 44.6 Å². The van der Waals surface area contributed by atoms with E-state index in [1.165, 1.54) is 23.1 Å². The fourth-order valence-corrected chi connectivity index (χ4v) is 5.42. The first-order valence-corrected chi connectivity index (χ1v) is 14.3. The molecule has 12 heteroatoms. The van der Waals surface area contributed by atoms with Crippen molar-refractivity contribution in [3.63, 3.8) is 0 Å². The van der Waals surface area contributed by atoms with Crippen LogP contribution >= 0.6 is 11.6 Å². The van der Waals surface area contributed by atoms with Gasteiger partial charge in [-0.15, -0.1) is 0 Å². The predicted octanol–water partition coefficient (Wildman–Crippen LogP) is 3.88. The minimum atomic E-state index is -3.99. The Morgan fingerprint density at radius 3 is 2.38 bits per heavy atom. The van der Waals surface area contributed by atoms with Crippen molar-refractivity contribution in [2.75, 3.05) is 17.1 Å². The second-order valence-electron chi connectivity index (χ2n) is 9.11. The number of hydrogen-bond donors (Lipinski definition) is 1. The summed E-state index contributed by atoms with van der Waals surface area (Å²) in [4.78, 5) is 38.9. The number of nitrogens with zero attached hydrogens (tertiary/aromatic N) is 3. The number of hydrogen-bond acceptors (Lipinski definition) is 6. The molecule has 1 aliphatic rings. The lowest BCUT2D eigenvalue weighted by Gasteiger charge is -2.33. The molecule has 0 unspecified atom stereocenters. The summed E-state index contributed by atoms with van der Waals surface area (Å²) in [7, 11) is -3.99. The first-order valence-electron chi connectivity index (χ1n) is 12.1. The number of anilines is 1. The third-order valence-electron chi connectivity index (χ3n) is 6.36. The van der Waals surface area contributed by atoms with E-state index in [1.54, 1.807) is 31.2 Å². The van der Waals surface area contributed by atoms with Gasteiger partial charge in [0, 0.05) is 29.7 Å². The smallest absolute Gasteiger partial charge is 0.271 e. The molecule has 37 heavy (non-hydrogen) atoms. The number of nitro groups is 1. The Bertz CT molecular complexity index is 1230. The van der Waals surface area contributed by atoms with Gasteiger partial charge in [0.25, 0.3) is 5.69 Å². The van der Waals surface area contributed by atoms with E-state index in [0.717, 1.165) is 42.3 Å². The van der Waals surface area contributed by atoms with E-state index in [2.05, 4.69) is 5.32 Å². The van der Waals surface area contributed by atoms with E-state index in [1.807, 2.05) is 0 Å². The summed E-state index contributed by atoms with van der Waals surface area (Å²) in [5, 5.41) is 14.8. The lowest BCUT2D eigenvalue weighted by molar-refractivity contribution is -0.384. The number of rotatable bonds is 11. The van der Waals surface area contributed by atoms with Crippen molar-refractivity contribution in [3.05, 3.63) is 69.2 Å². The van der Waals surface area contributed by atoms with Gasteiger partial charge < -0.3 is 10.2 Å². The fraction of sp³-hybridized carbons (Fsp3) is 0.440. The molecule has 1 saturated carbocycles. The number of benzene rings is 2. The highest BCUT2D eigenvalue weighted by Crippen LogP contribution is 2.25. The second-order valence-corrected chi connectivity index (χ2v) is 11.5. The van der Waals surface area contributed by atoms with Gasteiger partial charge in [-0.2, -0.15) is 0 Å². The first kappa shape index (κ1) is 28.4. The van der Waals surface area contributed by atoms with E-state index < -0.39 is 33.4 Å². The molecule has 0 bridgehead atoms. The zero-order valence-electron chi connectivity index (χ0n) is 20.8. The SMILES string of the molecule is CC[C@@H](C(=O)NC1CCCC1)N(Cc1ccc(Cl)cc1)C(=O)CN(c1cccc([N+](=O)[O-])c1)S(C)(=O)=O. The molecule has 0 spiro atoms. The molecule has 0 radical (unpaired) electrons. The molecule has 0 aromatic heterocycles. The van der Waals surface area contributed by atoms with Gasteiger partial charge >= 0.3 is 0 Å². The van der Waals surface area contributed by atoms with Crippen LogP contribution in [0, 0.1) is 10.1 Å². The number of amides is 2. The van der Waals surface area contributed by atoms with Crippen LogP contribution in [-0.4, -0.2) is 54.9 Å². The van der Waals surface area contributed by atoms with Crippen molar-refractivity contribution in [1.29, 1.82) is 0 Å². The monoisotopic (exact) mass is 550 g/mol. The Kier molecular flexibility index (Phi) is 9.50. The molecule has 1 N–H and O–H groups in total. The van der Waals surface area contributed by atoms with Gasteiger partial charge in [-0.3, -0.25) is 24.0 Å². The van der Waals surface area contributed by atoms with Crippen LogP contribution < -0.4 is 9.62 Å². The zero-order valence-corrected chi connectivity index (χ0v) is 22.4. The third-order valence-corrected chi connectivity index (χ3v) is 7.75. The maximum absolute atomic E-state index is 13.7. The molecule has 2 amide bonds. The average Bonchev–Trinajstić information content (AvgIpc) is 3.35. The second kappa shape index (κ2) is 12.4. The normalized spacial score (nSPS) is 14.7. The molecular weight excluding hydrogens is 520 g/mol. The van der Waals surface area contributed by atoms with Crippen LogP contribution in [0.25, 0.3) is 0 Å². The predicted molar refractivity (Wildman–Crippen MR) is 142 cm³/mol. The van der Waals surface area contributed by atoms with E-state index in [9.17, 15) is 28.1 Å². The standard InChI is InChI=1S/C25H31ClN4O6S/c1-3-23(25(32)27-20-7-4-5-8-20)28(16-18-11-13-19(26)14-12-18)24(31)17-29(37(2,35)36)21-9-6-10-22(15-21)30(33)34/h6,9-15,20,23H,3-5,7-8,16-17H2,1-2H3,(H,27,32)/t23-/m0/s1.